The van der Waals surface area contributed by atoms with Gasteiger partial charge in [0.2, 0.25) is 0 Å². The second-order valence-electron chi connectivity index (χ2n) is 9.44. The Hall–Kier alpha value is -4.76. The maximum absolute atomic E-state index is 7.10. The first-order chi connectivity index (χ1) is 21.2. The van der Waals surface area contributed by atoms with E-state index in [9.17, 15) is 0 Å². The van der Waals surface area contributed by atoms with Gasteiger partial charge in [0.15, 0.2) is 0 Å². The SMILES string of the molecule is [Au+].[Au+].[C-]#Cc1ccc2oc3ccccc3c2c1.[C-]#Cc1ccc2oc3ccccc3c2c1.c1cnc(Cc2cnccn2)cn1. The Bertz CT molecular complexity index is 2090. The molecule has 4 heterocycles. The summed E-state index contributed by atoms with van der Waals surface area (Å²) in [5.41, 5.74) is 6.84. The molecule has 8 rings (SSSR count). The fourth-order valence-electron chi connectivity index (χ4n) is 4.64. The molecule has 4 aromatic heterocycles. The van der Waals surface area contributed by atoms with Gasteiger partial charge < -0.3 is 21.7 Å². The summed E-state index contributed by atoms with van der Waals surface area (Å²) in [6, 6.07) is 27.1. The molecule has 0 aliphatic rings. The summed E-state index contributed by atoms with van der Waals surface area (Å²) < 4.78 is 11.3. The normalized spacial score (nSPS) is 9.91. The minimum absolute atomic E-state index is 0. The third-order valence-electron chi connectivity index (χ3n) is 6.64. The van der Waals surface area contributed by atoms with Crippen molar-refractivity contribution in [3.63, 3.8) is 0 Å². The smallest absolute Gasteiger partial charge is 0.456 e. The van der Waals surface area contributed by atoms with Crippen LogP contribution in [0.5, 0.6) is 0 Å². The molecule has 0 saturated heterocycles. The van der Waals surface area contributed by atoms with Gasteiger partial charge in [0.25, 0.3) is 0 Å². The average molecular weight is 949 g/mol. The zero-order chi connectivity index (χ0) is 29.4. The molecule has 0 fully saturated rings. The van der Waals surface area contributed by atoms with Crippen LogP contribution in [0.4, 0.5) is 0 Å². The number of rotatable bonds is 2. The van der Waals surface area contributed by atoms with Crippen molar-refractivity contribution >= 4 is 43.9 Å². The van der Waals surface area contributed by atoms with Gasteiger partial charge in [-0.2, -0.15) is 0 Å². The van der Waals surface area contributed by atoms with E-state index in [0.29, 0.717) is 6.42 Å². The molecule has 0 unspecified atom stereocenters. The maximum atomic E-state index is 7.10. The Kier molecular flexibility index (Phi) is 11.6. The zero-order valence-corrected chi connectivity index (χ0v) is 27.8. The third-order valence-corrected chi connectivity index (χ3v) is 6.64. The standard InChI is InChI=1S/2C14H7O.C9H8N4.2Au/c2*1-2-10-7-8-14-12(9-10)11-5-3-4-6-13(11)15-14;1-3-12-8(6-10-1)5-9-7-11-2-4-13-9;;/h2*3-9H;1-4,6-7H,5H2;;/q2*-1;;2*+1. The molecule has 8 aromatic rings. The van der Waals surface area contributed by atoms with Gasteiger partial charge in [0.1, 0.15) is 22.3 Å². The first-order valence-corrected chi connectivity index (χ1v) is 13.4. The van der Waals surface area contributed by atoms with Crippen molar-refractivity contribution in [2.75, 3.05) is 0 Å². The minimum atomic E-state index is 0. The van der Waals surface area contributed by atoms with Crippen molar-refractivity contribution < 1.29 is 53.6 Å². The van der Waals surface area contributed by atoms with E-state index in [1.54, 1.807) is 37.2 Å². The summed E-state index contributed by atoms with van der Waals surface area (Å²) in [7, 11) is 0. The third kappa shape index (κ3) is 7.85. The largest absolute Gasteiger partial charge is 1.00 e. The Morgan fingerprint density at radius 2 is 0.933 bits per heavy atom. The van der Waals surface area contributed by atoms with Gasteiger partial charge in [-0.05, 0) is 24.3 Å². The van der Waals surface area contributed by atoms with Crippen molar-refractivity contribution in [2.45, 2.75) is 6.42 Å². The van der Waals surface area contributed by atoms with Gasteiger partial charge in [-0.1, -0.05) is 36.4 Å². The van der Waals surface area contributed by atoms with Crippen LogP contribution < -0.4 is 0 Å². The number of hydrogen-bond donors (Lipinski definition) is 0. The topological polar surface area (TPSA) is 77.8 Å². The minimum Gasteiger partial charge on any atom is -0.456 e. The quantitative estimate of drug-likeness (QED) is 0.0998. The average Bonchev–Trinajstić information content (AvgIpc) is 3.64. The Labute approximate surface area is 291 Å². The fraction of sp³-hybridized carbons (Fsp3) is 0.0270. The number of aromatic nitrogens is 4. The summed E-state index contributed by atoms with van der Waals surface area (Å²) in [6.45, 7) is 0. The molecule has 0 radical (unpaired) electrons. The molecule has 0 bridgehead atoms. The van der Waals surface area contributed by atoms with E-state index < -0.39 is 0 Å². The Balaban J connectivity index is 0.000000151. The first kappa shape index (κ1) is 33.1. The molecule has 0 spiro atoms. The molecule has 0 aliphatic carbocycles. The molecular weight excluding hydrogens is 926 g/mol. The van der Waals surface area contributed by atoms with Crippen molar-refractivity contribution in [2.24, 2.45) is 0 Å². The predicted molar refractivity (Wildman–Crippen MR) is 167 cm³/mol. The van der Waals surface area contributed by atoms with E-state index in [0.717, 1.165) is 66.4 Å². The summed E-state index contributed by atoms with van der Waals surface area (Å²) in [6.07, 6.45) is 25.0. The van der Waals surface area contributed by atoms with Gasteiger partial charge in [-0.15, -0.1) is 35.4 Å². The summed E-state index contributed by atoms with van der Waals surface area (Å²) in [5.74, 6) is 4.76. The zero-order valence-electron chi connectivity index (χ0n) is 23.5. The van der Waals surface area contributed by atoms with Crippen LogP contribution in [0.25, 0.3) is 43.9 Å². The molecule has 224 valence electrons. The number of benzene rings is 4. The molecule has 8 heteroatoms. The van der Waals surface area contributed by atoms with Gasteiger partial charge in [-0.25, -0.2) is 0 Å². The summed E-state index contributed by atoms with van der Waals surface area (Å²) in [4.78, 5) is 16.2. The second kappa shape index (κ2) is 15.8. The van der Waals surface area contributed by atoms with E-state index in [1.165, 1.54) is 0 Å². The van der Waals surface area contributed by atoms with E-state index in [-0.39, 0.29) is 44.8 Å². The molecule has 0 saturated carbocycles. The molecule has 45 heavy (non-hydrogen) atoms. The fourth-order valence-corrected chi connectivity index (χ4v) is 4.64. The van der Waals surface area contributed by atoms with E-state index in [4.69, 9.17) is 21.7 Å². The second-order valence-corrected chi connectivity index (χ2v) is 9.44. The van der Waals surface area contributed by atoms with E-state index >= 15 is 0 Å². The van der Waals surface area contributed by atoms with E-state index in [1.807, 2.05) is 84.9 Å². The molecule has 0 atom stereocenters. The molecule has 0 amide bonds. The first-order valence-electron chi connectivity index (χ1n) is 13.4. The van der Waals surface area contributed by atoms with Crippen LogP contribution in [-0.2, 0) is 51.2 Å². The van der Waals surface area contributed by atoms with Gasteiger partial charge >= 0.3 is 44.8 Å². The molecule has 0 aliphatic heterocycles. The summed E-state index contributed by atoms with van der Waals surface area (Å²) in [5, 5.41) is 4.26. The van der Waals surface area contributed by atoms with Crippen molar-refractivity contribution in [1.29, 1.82) is 0 Å². The Morgan fingerprint density at radius 1 is 0.511 bits per heavy atom. The number of nitrogens with zero attached hydrogens (tertiary/aromatic N) is 4. The van der Waals surface area contributed by atoms with Gasteiger partial charge in [0, 0.05) is 65.1 Å². The van der Waals surface area contributed by atoms with Gasteiger partial charge in [0.05, 0.1) is 11.4 Å². The predicted octanol–water partition coefficient (Wildman–Crippen LogP) is 7.90. The molecule has 4 aromatic carbocycles. The van der Waals surface area contributed by atoms with Gasteiger partial charge in [-0.3, -0.25) is 31.8 Å². The van der Waals surface area contributed by atoms with E-state index in [2.05, 4.69) is 31.8 Å². The van der Waals surface area contributed by atoms with Crippen LogP contribution in [0.1, 0.15) is 22.5 Å². The van der Waals surface area contributed by atoms with Crippen LogP contribution in [0.15, 0.2) is 131 Å². The Morgan fingerprint density at radius 3 is 1.33 bits per heavy atom. The van der Waals surface area contributed by atoms with Crippen molar-refractivity contribution in [3.05, 3.63) is 157 Å². The van der Waals surface area contributed by atoms with Crippen LogP contribution in [-0.4, -0.2) is 19.9 Å². The van der Waals surface area contributed by atoms with Crippen LogP contribution in [0, 0.1) is 24.7 Å². The van der Waals surface area contributed by atoms with Crippen LogP contribution in [0.3, 0.4) is 0 Å². The van der Waals surface area contributed by atoms with Crippen molar-refractivity contribution in [3.8, 4) is 11.8 Å². The van der Waals surface area contributed by atoms with Crippen LogP contribution in [0.2, 0.25) is 0 Å². The summed E-state index contributed by atoms with van der Waals surface area (Å²) >= 11 is 0. The number of furan rings is 2. The number of fused-ring (bicyclic) bond motifs is 6. The monoisotopic (exact) mass is 948 g/mol. The maximum Gasteiger partial charge on any atom is 1.00 e. The molecular formula is C37H22Au2N4O2. The van der Waals surface area contributed by atoms with Crippen LogP contribution >= 0.6 is 0 Å². The molecule has 6 nitrogen and oxygen atoms in total. The molecule has 0 N–H and O–H groups in total. The number of hydrogen-bond acceptors (Lipinski definition) is 6. The number of para-hydroxylation sites is 2. The van der Waals surface area contributed by atoms with Crippen molar-refractivity contribution in [1.82, 2.24) is 19.9 Å².